The van der Waals surface area contributed by atoms with Crippen molar-refractivity contribution in [3.05, 3.63) is 37.0 Å². The second kappa shape index (κ2) is 11.4. The number of ketones is 1. The number of hydrogen-bond donors (Lipinski definition) is 0. The van der Waals surface area contributed by atoms with E-state index in [1.54, 1.807) is 0 Å². The minimum atomic E-state index is 0.0865. The highest BCUT2D eigenvalue weighted by Gasteiger charge is 1.88. The number of hydrogen-bond acceptors (Lipinski definition) is 1. The summed E-state index contributed by atoms with van der Waals surface area (Å²) < 4.78 is 0. The van der Waals surface area contributed by atoms with Crippen molar-refractivity contribution in [3.63, 3.8) is 0 Å². The molecule has 1 nitrogen and oxygen atoms in total. The van der Waals surface area contributed by atoms with Gasteiger partial charge in [0.15, 0.2) is 5.78 Å². The lowest BCUT2D eigenvalue weighted by molar-refractivity contribution is -0.113. The van der Waals surface area contributed by atoms with Gasteiger partial charge in [0.2, 0.25) is 0 Å². The van der Waals surface area contributed by atoms with Gasteiger partial charge in [-0.25, -0.2) is 0 Å². The predicted molar refractivity (Wildman–Crippen MR) is 70.4 cm³/mol. The lowest BCUT2D eigenvalue weighted by Gasteiger charge is -1.90. The van der Waals surface area contributed by atoms with Crippen molar-refractivity contribution in [2.24, 2.45) is 0 Å². The molecule has 0 N–H and O–H groups in total. The van der Waals surface area contributed by atoms with Gasteiger partial charge < -0.3 is 0 Å². The van der Waals surface area contributed by atoms with E-state index in [0.717, 1.165) is 31.0 Å². The van der Waals surface area contributed by atoms with Crippen LogP contribution in [0.4, 0.5) is 0 Å². The Kier molecular flexibility index (Phi) is 11.0. The predicted octanol–water partition coefficient (Wildman–Crippen LogP) is 4.20. The zero-order valence-corrected chi connectivity index (χ0v) is 10.7. The van der Waals surface area contributed by atoms with Crippen LogP contribution in [-0.2, 0) is 4.79 Å². The molecule has 0 aliphatic carbocycles. The van der Waals surface area contributed by atoms with Crippen molar-refractivity contribution in [1.29, 1.82) is 0 Å². The summed E-state index contributed by atoms with van der Waals surface area (Å²) in [6.07, 6.45) is 14.7. The molecule has 0 spiro atoms. The smallest absolute Gasteiger partial charge is 0.158 e. The van der Waals surface area contributed by atoms with Gasteiger partial charge in [-0.15, -0.1) is 0 Å². The lowest BCUT2D eigenvalue weighted by atomic mass is 10.2. The number of unbranched alkanes of at least 4 members (excludes halogenated alkanes) is 2. The molecule has 15 heavy (non-hydrogen) atoms. The summed E-state index contributed by atoms with van der Waals surface area (Å²) in [6, 6.07) is 0. The second-order valence-corrected chi connectivity index (χ2v) is 4.02. The van der Waals surface area contributed by atoms with Gasteiger partial charge in [-0.2, -0.15) is 0 Å². The van der Waals surface area contributed by atoms with Crippen LogP contribution in [0, 0.1) is 0 Å². The van der Waals surface area contributed by atoms with Crippen molar-refractivity contribution in [2.45, 2.75) is 32.1 Å². The Labute approximate surface area is 101 Å². The van der Waals surface area contributed by atoms with E-state index < -0.39 is 0 Å². The Hall–Kier alpha value is -0.630. The molecule has 0 aromatic heterocycles. The monoisotopic (exact) mass is 270 g/mol. The molecule has 0 heterocycles. The van der Waals surface area contributed by atoms with E-state index in [1.807, 2.05) is 6.08 Å². The number of allylic oxidation sites excluding steroid dienone is 5. The van der Waals surface area contributed by atoms with Crippen LogP contribution in [0.5, 0.6) is 0 Å². The Bertz CT molecular complexity index is 229. The van der Waals surface area contributed by atoms with Crippen LogP contribution in [0.2, 0.25) is 0 Å². The molecule has 0 saturated carbocycles. The maximum absolute atomic E-state index is 10.8. The SMILES string of the molecule is C=CC(=O)C/C=C/CCC/C=C/CCBr. The van der Waals surface area contributed by atoms with Crippen LogP contribution in [-0.4, -0.2) is 11.1 Å². The Morgan fingerprint density at radius 3 is 2.27 bits per heavy atom. The van der Waals surface area contributed by atoms with Gasteiger partial charge in [-0.05, 0) is 31.8 Å². The number of carbonyl (C=O) groups is 1. The van der Waals surface area contributed by atoms with Crippen LogP contribution < -0.4 is 0 Å². The molecule has 0 rings (SSSR count). The molecule has 0 aromatic carbocycles. The van der Waals surface area contributed by atoms with E-state index >= 15 is 0 Å². The lowest BCUT2D eigenvalue weighted by Crippen LogP contribution is -1.86. The summed E-state index contributed by atoms with van der Waals surface area (Å²) in [4.78, 5) is 10.8. The fraction of sp³-hybridized carbons (Fsp3) is 0.462. The normalized spacial score (nSPS) is 11.3. The summed E-state index contributed by atoms with van der Waals surface area (Å²) in [6.45, 7) is 3.42. The summed E-state index contributed by atoms with van der Waals surface area (Å²) in [5.74, 6) is 0.0865. The zero-order chi connectivity index (χ0) is 11.4. The van der Waals surface area contributed by atoms with Crippen LogP contribution >= 0.6 is 15.9 Å². The van der Waals surface area contributed by atoms with Crippen LogP contribution in [0.15, 0.2) is 37.0 Å². The minimum Gasteiger partial charge on any atom is -0.295 e. The van der Waals surface area contributed by atoms with E-state index in [9.17, 15) is 4.79 Å². The van der Waals surface area contributed by atoms with Gasteiger partial charge in [0.05, 0.1) is 0 Å². The zero-order valence-electron chi connectivity index (χ0n) is 9.12. The molecule has 0 amide bonds. The van der Waals surface area contributed by atoms with Crippen LogP contribution in [0.3, 0.4) is 0 Å². The number of alkyl halides is 1. The van der Waals surface area contributed by atoms with E-state index in [1.165, 1.54) is 6.08 Å². The van der Waals surface area contributed by atoms with Crippen molar-refractivity contribution in [1.82, 2.24) is 0 Å². The van der Waals surface area contributed by atoms with Gasteiger partial charge in [0.25, 0.3) is 0 Å². The molecular weight excluding hydrogens is 252 g/mol. The highest BCUT2D eigenvalue weighted by molar-refractivity contribution is 9.09. The van der Waals surface area contributed by atoms with Gasteiger partial charge in [0, 0.05) is 11.8 Å². The highest BCUT2D eigenvalue weighted by Crippen LogP contribution is 2.00. The molecule has 0 saturated heterocycles. The fourth-order valence-corrected chi connectivity index (χ4v) is 1.32. The molecule has 0 radical (unpaired) electrons. The maximum Gasteiger partial charge on any atom is 0.158 e. The largest absolute Gasteiger partial charge is 0.295 e. The molecule has 0 aromatic rings. The average molecular weight is 271 g/mol. The topological polar surface area (TPSA) is 17.1 Å². The maximum atomic E-state index is 10.8. The van der Waals surface area contributed by atoms with Gasteiger partial charge in [-0.3, -0.25) is 4.79 Å². The van der Waals surface area contributed by atoms with Crippen molar-refractivity contribution >= 4 is 21.7 Å². The molecular formula is C13H19BrO. The average Bonchev–Trinajstić information content (AvgIpc) is 2.26. The molecule has 0 atom stereocenters. The third-order valence-corrected chi connectivity index (χ3v) is 2.36. The second-order valence-electron chi connectivity index (χ2n) is 3.23. The van der Waals surface area contributed by atoms with Crippen molar-refractivity contribution in [2.75, 3.05) is 5.33 Å². The quantitative estimate of drug-likeness (QED) is 0.266. The van der Waals surface area contributed by atoms with Gasteiger partial charge >= 0.3 is 0 Å². The number of halogens is 1. The van der Waals surface area contributed by atoms with Crippen LogP contribution in [0.25, 0.3) is 0 Å². The van der Waals surface area contributed by atoms with Crippen molar-refractivity contribution in [3.8, 4) is 0 Å². The van der Waals surface area contributed by atoms with E-state index in [0.29, 0.717) is 6.42 Å². The third-order valence-electron chi connectivity index (χ3n) is 1.90. The first kappa shape index (κ1) is 14.4. The van der Waals surface area contributed by atoms with Gasteiger partial charge in [0.1, 0.15) is 0 Å². The first-order valence-corrected chi connectivity index (χ1v) is 6.44. The van der Waals surface area contributed by atoms with Gasteiger partial charge in [-0.1, -0.05) is 46.8 Å². The molecule has 84 valence electrons. The molecule has 0 bridgehead atoms. The molecule has 0 fully saturated rings. The Morgan fingerprint density at radius 2 is 1.67 bits per heavy atom. The van der Waals surface area contributed by atoms with E-state index in [-0.39, 0.29) is 5.78 Å². The number of carbonyl (C=O) groups excluding carboxylic acids is 1. The molecule has 0 aliphatic heterocycles. The number of rotatable bonds is 9. The first-order valence-electron chi connectivity index (χ1n) is 5.32. The van der Waals surface area contributed by atoms with Crippen molar-refractivity contribution < 1.29 is 4.79 Å². The molecule has 0 unspecified atom stereocenters. The fourth-order valence-electron chi connectivity index (χ4n) is 1.05. The summed E-state index contributed by atoms with van der Waals surface area (Å²) in [5.41, 5.74) is 0. The summed E-state index contributed by atoms with van der Waals surface area (Å²) >= 11 is 3.37. The summed E-state index contributed by atoms with van der Waals surface area (Å²) in [7, 11) is 0. The highest BCUT2D eigenvalue weighted by atomic mass is 79.9. The Morgan fingerprint density at radius 1 is 1.07 bits per heavy atom. The first-order chi connectivity index (χ1) is 7.31. The van der Waals surface area contributed by atoms with E-state index in [4.69, 9.17) is 0 Å². The van der Waals surface area contributed by atoms with E-state index in [2.05, 4.69) is 40.7 Å². The summed E-state index contributed by atoms with van der Waals surface area (Å²) in [5, 5.41) is 1.03. The molecule has 2 heteroatoms. The standard InChI is InChI=1S/C13H19BrO/c1-2-13(15)11-9-7-5-3-4-6-8-10-12-14/h2,6-9H,1,3-5,10-12H2/b8-6+,9-7+. The van der Waals surface area contributed by atoms with Crippen LogP contribution in [0.1, 0.15) is 32.1 Å². The minimum absolute atomic E-state index is 0.0865. The molecule has 0 aliphatic rings. The third kappa shape index (κ3) is 11.3. The Balaban J connectivity index is 3.30.